The van der Waals surface area contributed by atoms with E-state index in [1.807, 2.05) is 24.3 Å². The van der Waals surface area contributed by atoms with Crippen molar-refractivity contribution in [2.45, 2.75) is 31.8 Å². The summed E-state index contributed by atoms with van der Waals surface area (Å²) in [6.07, 6.45) is 5.55. The van der Waals surface area contributed by atoms with E-state index in [1.54, 1.807) is 11.9 Å². The second-order valence-corrected chi connectivity index (χ2v) is 8.72. The van der Waals surface area contributed by atoms with Crippen molar-refractivity contribution in [2.24, 2.45) is 0 Å². The van der Waals surface area contributed by atoms with Gasteiger partial charge in [0.05, 0.1) is 5.69 Å². The van der Waals surface area contributed by atoms with Crippen LogP contribution in [-0.4, -0.2) is 58.4 Å². The zero-order valence-electron chi connectivity index (χ0n) is 15.9. The van der Waals surface area contributed by atoms with E-state index in [9.17, 15) is 0 Å². The van der Waals surface area contributed by atoms with Crippen molar-refractivity contribution < 1.29 is 0 Å². The molecule has 0 saturated carbocycles. The molecule has 1 atom stereocenters. The molecular weight excluding hydrogens is 378 g/mol. The van der Waals surface area contributed by atoms with Gasteiger partial charge in [-0.1, -0.05) is 35.7 Å². The molecule has 0 bridgehead atoms. The molecule has 3 heterocycles. The molecule has 0 radical (unpaired) electrons. The van der Waals surface area contributed by atoms with Crippen LogP contribution in [-0.2, 0) is 13.0 Å². The number of likely N-dealkylation sites (tertiary alicyclic amines) is 1. The average molecular weight is 404 g/mol. The minimum atomic E-state index is 0.446. The topological polar surface area (TPSA) is 44.3 Å². The largest absolute Gasteiger partial charge is 0.364 e. The van der Waals surface area contributed by atoms with E-state index in [0.717, 1.165) is 48.2 Å². The first kappa shape index (κ1) is 19.0. The molecule has 2 aliphatic rings. The number of piperidine rings is 1. The van der Waals surface area contributed by atoms with Gasteiger partial charge in [0.1, 0.15) is 0 Å². The minimum absolute atomic E-state index is 0.446. The van der Waals surface area contributed by atoms with Crippen molar-refractivity contribution in [1.29, 1.82) is 0 Å². The number of rotatable bonds is 4. The number of aromatic nitrogens is 2. The normalized spacial score (nSPS) is 21.1. The molecule has 27 heavy (non-hydrogen) atoms. The van der Waals surface area contributed by atoms with Crippen LogP contribution in [0.15, 0.2) is 24.3 Å². The zero-order chi connectivity index (χ0) is 18.8. The Kier molecular flexibility index (Phi) is 5.88. The summed E-state index contributed by atoms with van der Waals surface area (Å²) in [6, 6.07) is 8.36. The number of nitrogens with one attached hydrogen (secondary N) is 1. The van der Waals surface area contributed by atoms with Gasteiger partial charge in [0.15, 0.2) is 5.82 Å². The first-order valence-corrected chi connectivity index (χ1v) is 11.1. The Morgan fingerprint density at radius 2 is 1.96 bits per heavy atom. The molecule has 4 rings (SSSR count). The standard InChI is InChI=1S/C20H26ClN5S/c1-25-10-3-4-16(12-25)22-20-17-9-11-26(27-2)13-18(17)19(23-24-20)14-5-7-15(21)8-6-14/h5-8,16H,3-4,9-13H2,1-2H3,(H,22,24). The molecule has 5 nitrogen and oxygen atoms in total. The summed E-state index contributed by atoms with van der Waals surface area (Å²) in [5, 5.41) is 13.7. The van der Waals surface area contributed by atoms with Crippen LogP contribution in [0.1, 0.15) is 24.0 Å². The molecule has 1 fully saturated rings. The van der Waals surface area contributed by atoms with Crippen LogP contribution >= 0.6 is 23.5 Å². The van der Waals surface area contributed by atoms with E-state index in [0.29, 0.717) is 6.04 Å². The second-order valence-electron chi connectivity index (χ2n) is 7.40. The number of benzene rings is 1. The number of hydrogen-bond donors (Lipinski definition) is 1. The second kappa shape index (κ2) is 8.35. The molecule has 0 amide bonds. The fraction of sp³-hybridized carbons (Fsp3) is 0.500. The molecule has 2 aromatic rings. The van der Waals surface area contributed by atoms with E-state index < -0.39 is 0 Å². The Hall–Kier alpha value is -1.34. The lowest BCUT2D eigenvalue weighted by molar-refractivity contribution is 0.260. The van der Waals surface area contributed by atoms with E-state index >= 15 is 0 Å². The van der Waals surface area contributed by atoms with Gasteiger partial charge in [0.25, 0.3) is 0 Å². The van der Waals surface area contributed by atoms with Gasteiger partial charge < -0.3 is 10.2 Å². The van der Waals surface area contributed by atoms with Gasteiger partial charge >= 0.3 is 0 Å². The van der Waals surface area contributed by atoms with E-state index in [2.05, 4.69) is 38.0 Å². The van der Waals surface area contributed by atoms with Crippen LogP contribution in [0.25, 0.3) is 11.3 Å². The lowest BCUT2D eigenvalue weighted by Gasteiger charge is -2.33. The fourth-order valence-electron chi connectivity index (χ4n) is 4.03. The number of anilines is 1. The summed E-state index contributed by atoms with van der Waals surface area (Å²) >= 11 is 7.87. The fourth-order valence-corrected chi connectivity index (χ4v) is 4.69. The lowest BCUT2D eigenvalue weighted by Crippen LogP contribution is -2.40. The number of nitrogens with zero attached hydrogens (tertiary/aromatic N) is 4. The molecule has 1 N–H and O–H groups in total. The van der Waals surface area contributed by atoms with E-state index in [4.69, 9.17) is 11.6 Å². The Bertz CT molecular complexity index is 798. The molecule has 0 spiro atoms. The van der Waals surface area contributed by atoms with Crippen molar-refractivity contribution in [2.75, 3.05) is 38.3 Å². The summed E-state index contributed by atoms with van der Waals surface area (Å²) in [6.45, 7) is 4.18. The number of fused-ring (bicyclic) bond motifs is 1. The smallest absolute Gasteiger partial charge is 0.152 e. The molecule has 0 aliphatic carbocycles. The van der Waals surface area contributed by atoms with Crippen LogP contribution in [0.2, 0.25) is 5.02 Å². The summed E-state index contributed by atoms with van der Waals surface area (Å²) < 4.78 is 2.39. The van der Waals surface area contributed by atoms with Gasteiger partial charge in [-0.3, -0.25) is 0 Å². The molecule has 7 heteroatoms. The monoisotopic (exact) mass is 403 g/mol. The molecule has 1 saturated heterocycles. The summed E-state index contributed by atoms with van der Waals surface area (Å²) in [5.74, 6) is 0.976. The Labute approximate surface area is 170 Å². The Balaban J connectivity index is 1.69. The van der Waals surface area contributed by atoms with Gasteiger partial charge in [-0.15, -0.1) is 10.2 Å². The highest BCUT2D eigenvalue weighted by Crippen LogP contribution is 2.34. The van der Waals surface area contributed by atoms with Crippen LogP contribution in [0.5, 0.6) is 0 Å². The third-order valence-electron chi connectivity index (χ3n) is 5.47. The van der Waals surface area contributed by atoms with E-state index in [1.165, 1.54) is 30.5 Å². The third kappa shape index (κ3) is 4.24. The first-order chi connectivity index (χ1) is 13.1. The molecule has 144 valence electrons. The average Bonchev–Trinajstić information content (AvgIpc) is 2.68. The SMILES string of the molecule is CSN1CCc2c(NC3CCCN(C)C3)nnc(-c3ccc(Cl)cc3)c2C1. The quantitative estimate of drug-likeness (QED) is 0.780. The zero-order valence-corrected chi connectivity index (χ0v) is 17.5. The third-order valence-corrected chi connectivity index (χ3v) is 6.55. The lowest BCUT2D eigenvalue weighted by atomic mass is 9.96. The van der Waals surface area contributed by atoms with Gasteiger partial charge in [0, 0.05) is 47.4 Å². The van der Waals surface area contributed by atoms with Gasteiger partial charge in [0.2, 0.25) is 0 Å². The number of hydrogen-bond acceptors (Lipinski definition) is 6. The van der Waals surface area contributed by atoms with Crippen molar-refractivity contribution >= 4 is 29.4 Å². The Morgan fingerprint density at radius 3 is 2.70 bits per heavy atom. The van der Waals surface area contributed by atoms with Gasteiger partial charge in [-0.25, -0.2) is 4.31 Å². The highest BCUT2D eigenvalue weighted by Gasteiger charge is 2.26. The van der Waals surface area contributed by atoms with Gasteiger partial charge in [-0.05, 0) is 51.2 Å². The molecular formula is C20H26ClN5S. The molecule has 2 aliphatic heterocycles. The molecule has 1 aromatic heterocycles. The summed E-state index contributed by atoms with van der Waals surface area (Å²) in [4.78, 5) is 2.39. The molecule has 1 unspecified atom stereocenters. The number of likely N-dealkylation sites (N-methyl/N-ethyl adjacent to an activating group) is 1. The highest BCUT2D eigenvalue weighted by molar-refractivity contribution is 7.96. The van der Waals surface area contributed by atoms with Crippen molar-refractivity contribution in [3.63, 3.8) is 0 Å². The maximum atomic E-state index is 6.07. The maximum absolute atomic E-state index is 6.07. The van der Waals surface area contributed by atoms with Crippen LogP contribution in [0.3, 0.4) is 0 Å². The van der Waals surface area contributed by atoms with Crippen LogP contribution < -0.4 is 5.32 Å². The van der Waals surface area contributed by atoms with Crippen molar-refractivity contribution in [3.8, 4) is 11.3 Å². The van der Waals surface area contributed by atoms with Crippen molar-refractivity contribution in [1.82, 2.24) is 19.4 Å². The summed E-state index contributed by atoms with van der Waals surface area (Å²) in [7, 11) is 2.19. The minimum Gasteiger partial charge on any atom is -0.364 e. The first-order valence-electron chi connectivity index (χ1n) is 9.52. The van der Waals surface area contributed by atoms with Gasteiger partial charge in [-0.2, -0.15) is 0 Å². The van der Waals surface area contributed by atoms with Crippen molar-refractivity contribution in [3.05, 3.63) is 40.4 Å². The Morgan fingerprint density at radius 1 is 1.15 bits per heavy atom. The predicted molar refractivity (Wildman–Crippen MR) is 114 cm³/mol. The molecule has 1 aromatic carbocycles. The summed E-state index contributed by atoms with van der Waals surface area (Å²) in [5.41, 5.74) is 4.68. The van der Waals surface area contributed by atoms with Crippen LogP contribution in [0, 0.1) is 0 Å². The maximum Gasteiger partial charge on any atom is 0.152 e. The number of halogens is 1. The predicted octanol–water partition coefficient (Wildman–Crippen LogP) is 3.94. The van der Waals surface area contributed by atoms with E-state index in [-0.39, 0.29) is 0 Å². The van der Waals surface area contributed by atoms with Crippen LogP contribution in [0.4, 0.5) is 5.82 Å². The highest BCUT2D eigenvalue weighted by atomic mass is 35.5.